The number of ether oxygens (including phenoxy) is 1. The Morgan fingerprint density at radius 1 is 1.00 bits per heavy atom. The van der Waals surface area contributed by atoms with E-state index in [9.17, 15) is 4.39 Å². The van der Waals surface area contributed by atoms with Crippen LogP contribution in [0.15, 0.2) is 59.1 Å². The van der Waals surface area contributed by atoms with Crippen molar-refractivity contribution in [2.45, 2.75) is 6.61 Å². The summed E-state index contributed by atoms with van der Waals surface area (Å²) in [5.74, 6) is 0.330. The van der Waals surface area contributed by atoms with Gasteiger partial charge in [0.25, 0.3) is 0 Å². The first kappa shape index (κ1) is 14.4. The second kappa shape index (κ2) is 6.04. The highest BCUT2D eigenvalue weighted by Gasteiger charge is 2.08. The zero-order valence-corrected chi connectivity index (χ0v) is 13.3. The largest absolute Gasteiger partial charge is 0.489 e. The Morgan fingerprint density at radius 3 is 2.57 bits per heavy atom. The van der Waals surface area contributed by atoms with E-state index in [0.717, 1.165) is 15.2 Å². The molecule has 0 aliphatic rings. The lowest BCUT2D eigenvalue weighted by Gasteiger charge is -2.09. The summed E-state index contributed by atoms with van der Waals surface area (Å²) in [5, 5.41) is 2.55. The summed E-state index contributed by atoms with van der Waals surface area (Å²) in [7, 11) is 0. The Balaban J connectivity index is 1.84. The average Bonchev–Trinajstić information content (AvgIpc) is 2.47. The molecule has 3 aromatic carbocycles. The van der Waals surface area contributed by atoms with Crippen LogP contribution in [0.2, 0.25) is 5.02 Å². The van der Waals surface area contributed by atoms with E-state index in [-0.39, 0.29) is 12.4 Å². The third-order valence-electron chi connectivity index (χ3n) is 3.22. The van der Waals surface area contributed by atoms with Gasteiger partial charge in [-0.15, -0.1) is 0 Å². The lowest BCUT2D eigenvalue weighted by molar-refractivity contribution is 0.300. The Bertz CT molecular complexity index is 784. The maximum Gasteiger partial charge on any atom is 0.131 e. The molecule has 1 nitrogen and oxygen atoms in total. The molecule has 0 fully saturated rings. The van der Waals surface area contributed by atoms with E-state index in [4.69, 9.17) is 16.3 Å². The highest BCUT2D eigenvalue weighted by atomic mass is 79.9. The minimum Gasteiger partial charge on any atom is -0.489 e. The van der Waals surface area contributed by atoms with E-state index in [1.807, 2.05) is 36.4 Å². The van der Waals surface area contributed by atoms with E-state index in [0.29, 0.717) is 16.3 Å². The molecule has 21 heavy (non-hydrogen) atoms. The van der Waals surface area contributed by atoms with Crippen molar-refractivity contribution < 1.29 is 9.13 Å². The topological polar surface area (TPSA) is 9.23 Å². The van der Waals surface area contributed by atoms with Gasteiger partial charge in [0.15, 0.2) is 0 Å². The van der Waals surface area contributed by atoms with E-state index in [1.165, 1.54) is 6.07 Å². The van der Waals surface area contributed by atoms with Crippen molar-refractivity contribution in [1.29, 1.82) is 0 Å². The second-order valence-electron chi connectivity index (χ2n) is 4.64. The summed E-state index contributed by atoms with van der Waals surface area (Å²) in [6, 6.07) is 16.4. The molecule has 0 unspecified atom stereocenters. The zero-order chi connectivity index (χ0) is 14.8. The monoisotopic (exact) mass is 364 g/mol. The Kier molecular flexibility index (Phi) is 4.13. The number of rotatable bonds is 3. The summed E-state index contributed by atoms with van der Waals surface area (Å²) < 4.78 is 20.4. The standard InChI is InChI=1S/C17H11BrClFO/c18-13-6-4-12-9-14(7-5-11(12)8-13)21-10-15-16(19)2-1-3-17(15)20/h1-9H,10H2. The molecule has 4 heteroatoms. The van der Waals surface area contributed by atoms with Crippen LogP contribution in [0.4, 0.5) is 4.39 Å². The van der Waals surface area contributed by atoms with E-state index in [1.54, 1.807) is 12.1 Å². The molecule has 0 bridgehead atoms. The van der Waals surface area contributed by atoms with Gasteiger partial charge in [-0.05, 0) is 47.2 Å². The molecule has 0 radical (unpaired) electrons. The van der Waals surface area contributed by atoms with Gasteiger partial charge in [0.1, 0.15) is 18.2 Å². The van der Waals surface area contributed by atoms with Crippen molar-refractivity contribution in [3.05, 3.63) is 75.5 Å². The molecule has 106 valence electrons. The van der Waals surface area contributed by atoms with Gasteiger partial charge < -0.3 is 4.74 Å². The smallest absolute Gasteiger partial charge is 0.131 e. The summed E-state index contributed by atoms with van der Waals surface area (Å²) >= 11 is 9.42. The fraction of sp³-hybridized carbons (Fsp3) is 0.0588. The third kappa shape index (κ3) is 3.20. The van der Waals surface area contributed by atoms with Crippen LogP contribution in [0.3, 0.4) is 0 Å². The van der Waals surface area contributed by atoms with Crippen molar-refractivity contribution in [3.63, 3.8) is 0 Å². The Morgan fingerprint density at radius 2 is 1.76 bits per heavy atom. The fourth-order valence-corrected chi connectivity index (χ4v) is 2.71. The highest BCUT2D eigenvalue weighted by molar-refractivity contribution is 9.10. The molecule has 3 aromatic rings. The van der Waals surface area contributed by atoms with Crippen molar-refractivity contribution in [3.8, 4) is 5.75 Å². The van der Waals surface area contributed by atoms with Gasteiger partial charge in [0, 0.05) is 10.0 Å². The first-order valence-corrected chi connectivity index (χ1v) is 7.55. The lowest BCUT2D eigenvalue weighted by atomic mass is 10.1. The van der Waals surface area contributed by atoms with Gasteiger partial charge in [-0.1, -0.05) is 45.7 Å². The van der Waals surface area contributed by atoms with Gasteiger partial charge in [-0.25, -0.2) is 4.39 Å². The second-order valence-corrected chi connectivity index (χ2v) is 5.97. The first-order valence-electron chi connectivity index (χ1n) is 6.38. The quantitative estimate of drug-likeness (QED) is 0.555. The summed E-state index contributed by atoms with van der Waals surface area (Å²) in [6.45, 7) is 0.105. The molecule has 0 amide bonds. The fourth-order valence-electron chi connectivity index (χ4n) is 2.11. The van der Waals surface area contributed by atoms with Gasteiger partial charge in [0.2, 0.25) is 0 Å². The first-order chi connectivity index (χ1) is 10.1. The molecule has 0 saturated heterocycles. The van der Waals surface area contributed by atoms with Crippen LogP contribution in [0.25, 0.3) is 10.8 Å². The molecular formula is C17H11BrClFO. The van der Waals surface area contributed by atoms with Crippen LogP contribution in [-0.2, 0) is 6.61 Å². The zero-order valence-electron chi connectivity index (χ0n) is 10.9. The van der Waals surface area contributed by atoms with E-state index >= 15 is 0 Å². The number of halogens is 3. The number of hydrogen-bond acceptors (Lipinski definition) is 1. The van der Waals surface area contributed by atoms with Gasteiger partial charge in [0.05, 0.1) is 5.02 Å². The predicted molar refractivity (Wildman–Crippen MR) is 87.4 cm³/mol. The van der Waals surface area contributed by atoms with Crippen LogP contribution in [0, 0.1) is 5.82 Å². The maximum absolute atomic E-state index is 13.7. The van der Waals surface area contributed by atoms with Crippen molar-refractivity contribution in [1.82, 2.24) is 0 Å². The SMILES string of the molecule is Fc1cccc(Cl)c1COc1ccc2cc(Br)ccc2c1. The summed E-state index contributed by atoms with van der Waals surface area (Å²) in [5.41, 5.74) is 0.370. The van der Waals surface area contributed by atoms with E-state index < -0.39 is 0 Å². The van der Waals surface area contributed by atoms with Crippen LogP contribution < -0.4 is 4.74 Å². The van der Waals surface area contributed by atoms with E-state index in [2.05, 4.69) is 15.9 Å². The molecule has 0 aliphatic heterocycles. The molecular weight excluding hydrogens is 355 g/mol. The minimum atomic E-state index is -0.354. The Labute approximate surface area is 135 Å². The number of hydrogen-bond donors (Lipinski definition) is 0. The molecule has 0 spiro atoms. The minimum absolute atomic E-state index is 0.105. The number of fused-ring (bicyclic) bond motifs is 1. The third-order valence-corrected chi connectivity index (χ3v) is 4.07. The molecule has 0 aliphatic carbocycles. The summed E-state index contributed by atoms with van der Waals surface area (Å²) in [6.07, 6.45) is 0. The van der Waals surface area contributed by atoms with Crippen molar-refractivity contribution >= 4 is 38.3 Å². The predicted octanol–water partition coefficient (Wildman–Crippen LogP) is 5.97. The van der Waals surface area contributed by atoms with Gasteiger partial charge >= 0.3 is 0 Å². The molecule has 0 heterocycles. The van der Waals surface area contributed by atoms with Crippen LogP contribution in [-0.4, -0.2) is 0 Å². The molecule has 0 N–H and O–H groups in total. The lowest BCUT2D eigenvalue weighted by Crippen LogP contribution is -1.99. The molecule has 0 aromatic heterocycles. The van der Waals surface area contributed by atoms with Crippen LogP contribution in [0.1, 0.15) is 5.56 Å². The van der Waals surface area contributed by atoms with Gasteiger partial charge in [-0.2, -0.15) is 0 Å². The molecule has 3 rings (SSSR count). The van der Waals surface area contributed by atoms with Crippen molar-refractivity contribution in [2.75, 3.05) is 0 Å². The maximum atomic E-state index is 13.7. The number of benzene rings is 3. The highest BCUT2D eigenvalue weighted by Crippen LogP contribution is 2.26. The van der Waals surface area contributed by atoms with Crippen LogP contribution >= 0.6 is 27.5 Å². The van der Waals surface area contributed by atoms with Crippen LogP contribution in [0.5, 0.6) is 5.75 Å². The van der Waals surface area contributed by atoms with Crippen molar-refractivity contribution in [2.24, 2.45) is 0 Å². The molecule has 0 saturated carbocycles. The molecule has 0 atom stereocenters. The normalized spacial score (nSPS) is 10.8. The summed E-state index contributed by atoms with van der Waals surface area (Å²) in [4.78, 5) is 0. The van der Waals surface area contributed by atoms with Gasteiger partial charge in [-0.3, -0.25) is 0 Å². The average molecular weight is 366 g/mol. The Hall–Kier alpha value is -1.58.